The van der Waals surface area contributed by atoms with Gasteiger partial charge in [-0.3, -0.25) is 5.32 Å². The fraction of sp³-hybridized carbons (Fsp3) is 0.143. The summed E-state index contributed by atoms with van der Waals surface area (Å²) in [5, 5.41) is 15.9. The lowest BCUT2D eigenvalue weighted by Gasteiger charge is -2.07. The van der Waals surface area contributed by atoms with E-state index in [0.717, 1.165) is 16.9 Å². The Kier molecular flexibility index (Phi) is 4.89. The van der Waals surface area contributed by atoms with Crippen molar-refractivity contribution in [2.45, 2.75) is 6.42 Å². The molecule has 2 rings (SSSR count). The number of thiophene rings is 1. The average Bonchev–Trinajstić information content (AvgIpc) is 2.87. The Labute approximate surface area is 124 Å². The zero-order chi connectivity index (χ0) is 15.2. The van der Waals surface area contributed by atoms with Gasteiger partial charge in [-0.25, -0.2) is 14.0 Å². The van der Waals surface area contributed by atoms with E-state index in [1.165, 1.54) is 18.2 Å². The van der Waals surface area contributed by atoms with Gasteiger partial charge in [-0.05, 0) is 35.6 Å². The molecule has 1 heterocycles. The van der Waals surface area contributed by atoms with Crippen molar-refractivity contribution in [3.8, 4) is 0 Å². The highest BCUT2D eigenvalue weighted by atomic mass is 32.1. The quantitative estimate of drug-likeness (QED) is 0.794. The molecule has 110 valence electrons. The summed E-state index contributed by atoms with van der Waals surface area (Å²) in [6, 6.07) is 7.07. The molecule has 21 heavy (non-hydrogen) atoms. The van der Waals surface area contributed by atoms with Crippen molar-refractivity contribution in [2.75, 3.05) is 11.9 Å². The van der Waals surface area contributed by atoms with E-state index in [2.05, 4.69) is 10.6 Å². The summed E-state index contributed by atoms with van der Waals surface area (Å²) in [5.41, 5.74) is 0.831. The van der Waals surface area contributed by atoms with Crippen LogP contribution in [0.4, 0.5) is 14.2 Å². The maximum atomic E-state index is 13.0. The third kappa shape index (κ3) is 4.28. The zero-order valence-corrected chi connectivity index (χ0v) is 11.7. The van der Waals surface area contributed by atoms with Crippen molar-refractivity contribution in [2.24, 2.45) is 0 Å². The summed E-state index contributed by atoms with van der Waals surface area (Å²) in [6.07, 6.45) is 0.488. The number of nitrogens with one attached hydrogen (secondary N) is 2. The molecule has 0 bridgehead atoms. The van der Waals surface area contributed by atoms with E-state index in [4.69, 9.17) is 5.11 Å². The van der Waals surface area contributed by atoms with Crippen LogP contribution in [0.3, 0.4) is 0 Å². The minimum atomic E-state index is -1.09. The first-order chi connectivity index (χ1) is 10.1. The monoisotopic (exact) mass is 308 g/mol. The van der Waals surface area contributed by atoms with Gasteiger partial charge in [0.2, 0.25) is 0 Å². The smallest absolute Gasteiger partial charge is 0.338 e. The van der Waals surface area contributed by atoms with Gasteiger partial charge in [-0.2, -0.15) is 0 Å². The second kappa shape index (κ2) is 6.85. The van der Waals surface area contributed by atoms with E-state index < -0.39 is 12.0 Å². The molecule has 1 aromatic heterocycles. The SMILES string of the molecule is O=C(NCCc1cccc(F)c1)Nc1sccc1C(=O)O. The molecule has 0 radical (unpaired) electrons. The van der Waals surface area contributed by atoms with Gasteiger partial charge in [0.1, 0.15) is 10.8 Å². The van der Waals surface area contributed by atoms with Crippen LogP contribution in [0.2, 0.25) is 0 Å². The van der Waals surface area contributed by atoms with Crippen molar-refractivity contribution >= 4 is 28.3 Å². The van der Waals surface area contributed by atoms with E-state index in [-0.39, 0.29) is 16.4 Å². The minimum absolute atomic E-state index is 0.0558. The topological polar surface area (TPSA) is 78.4 Å². The Bertz CT molecular complexity index is 657. The predicted octanol–water partition coefficient (Wildman–Crippen LogP) is 2.95. The minimum Gasteiger partial charge on any atom is -0.478 e. The highest BCUT2D eigenvalue weighted by molar-refractivity contribution is 7.14. The Morgan fingerprint density at radius 1 is 1.29 bits per heavy atom. The van der Waals surface area contributed by atoms with Gasteiger partial charge >= 0.3 is 12.0 Å². The van der Waals surface area contributed by atoms with Crippen LogP contribution in [0.5, 0.6) is 0 Å². The molecule has 1 aromatic carbocycles. The number of hydrogen-bond donors (Lipinski definition) is 3. The largest absolute Gasteiger partial charge is 0.478 e. The molecule has 0 aliphatic heterocycles. The lowest BCUT2D eigenvalue weighted by molar-refractivity contribution is 0.0698. The second-order valence-electron chi connectivity index (χ2n) is 4.23. The predicted molar refractivity (Wildman–Crippen MR) is 78.4 cm³/mol. The normalized spacial score (nSPS) is 10.1. The first-order valence-electron chi connectivity index (χ1n) is 6.16. The molecule has 0 aliphatic rings. The highest BCUT2D eigenvalue weighted by Gasteiger charge is 2.13. The number of hydrogen-bond acceptors (Lipinski definition) is 3. The van der Waals surface area contributed by atoms with Crippen molar-refractivity contribution in [3.63, 3.8) is 0 Å². The molecule has 5 nitrogen and oxygen atoms in total. The van der Waals surface area contributed by atoms with Crippen molar-refractivity contribution in [1.29, 1.82) is 0 Å². The summed E-state index contributed by atoms with van der Waals surface area (Å²) >= 11 is 1.14. The summed E-state index contributed by atoms with van der Waals surface area (Å²) in [4.78, 5) is 22.6. The van der Waals surface area contributed by atoms with Crippen LogP contribution >= 0.6 is 11.3 Å². The third-order valence-corrected chi connectivity index (χ3v) is 3.54. The molecule has 2 amide bonds. The number of aromatic carboxylic acids is 1. The van der Waals surface area contributed by atoms with Crippen molar-refractivity contribution in [3.05, 3.63) is 52.7 Å². The van der Waals surface area contributed by atoms with Gasteiger partial charge in [0.25, 0.3) is 0 Å². The van der Waals surface area contributed by atoms with Crippen LogP contribution in [0.25, 0.3) is 0 Å². The van der Waals surface area contributed by atoms with Gasteiger partial charge < -0.3 is 10.4 Å². The fourth-order valence-corrected chi connectivity index (χ4v) is 2.51. The van der Waals surface area contributed by atoms with Crippen LogP contribution in [-0.4, -0.2) is 23.7 Å². The summed E-state index contributed by atoms with van der Waals surface area (Å²) in [5.74, 6) is -1.41. The Hall–Kier alpha value is -2.41. The van der Waals surface area contributed by atoms with Crippen LogP contribution in [0.15, 0.2) is 35.7 Å². The average molecular weight is 308 g/mol. The molecule has 0 spiro atoms. The molecular formula is C14H13FN2O3S. The summed E-state index contributed by atoms with van der Waals surface area (Å²) in [7, 11) is 0. The van der Waals surface area contributed by atoms with E-state index in [1.807, 2.05) is 0 Å². The van der Waals surface area contributed by atoms with E-state index in [0.29, 0.717) is 13.0 Å². The highest BCUT2D eigenvalue weighted by Crippen LogP contribution is 2.22. The molecule has 0 saturated carbocycles. The number of benzene rings is 1. The van der Waals surface area contributed by atoms with Crippen LogP contribution in [0, 0.1) is 5.82 Å². The van der Waals surface area contributed by atoms with E-state index >= 15 is 0 Å². The number of amides is 2. The molecule has 3 N–H and O–H groups in total. The van der Waals surface area contributed by atoms with Crippen LogP contribution < -0.4 is 10.6 Å². The zero-order valence-electron chi connectivity index (χ0n) is 10.9. The number of carbonyl (C=O) groups is 2. The first kappa shape index (κ1) is 15.0. The van der Waals surface area contributed by atoms with Gasteiger partial charge in [0, 0.05) is 6.54 Å². The molecule has 0 saturated heterocycles. The third-order valence-electron chi connectivity index (χ3n) is 2.71. The standard InChI is InChI=1S/C14H13FN2O3S/c15-10-3-1-2-9(8-10)4-6-16-14(20)17-12-11(13(18)19)5-7-21-12/h1-3,5,7-8H,4,6H2,(H,18,19)(H2,16,17,20). The summed E-state index contributed by atoms with van der Waals surface area (Å²) < 4.78 is 13.0. The Morgan fingerprint density at radius 2 is 2.10 bits per heavy atom. The van der Waals surface area contributed by atoms with Gasteiger partial charge in [-0.15, -0.1) is 11.3 Å². The van der Waals surface area contributed by atoms with Crippen molar-refractivity contribution < 1.29 is 19.1 Å². The number of carbonyl (C=O) groups excluding carboxylic acids is 1. The van der Waals surface area contributed by atoms with Crippen LogP contribution in [-0.2, 0) is 6.42 Å². The number of rotatable bonds is 5. The lowest BCUT2D eigenvalue weighted by atomic mass is 10.1. The fourth-order valence-electron chi connectivity index (χ4n) is 1.73. The van der Waals surface area contributed by atoms with Gasteiger partial charge in [0.15, 0.2) is 0 Å². The molecule has 0 aliphatic carbocycles. The maximum absolute atomic E-state index is 13.0. The maximum Gasteiger partial charge on any atom is 0.338 e. The number of urea groups is 1. The Morgan fingerprint density at radius 3 is 2.81 bits per heavy atom. The number of carboxylic acids is 1. The number of anilines is 1. The van der Waals surface area contributed by atoms with Crippen LogP contribution in [0.1, 0.15) is 15.9 Å². The molecule has 7 heteroatoms. The second-order valence-corrected chi connectivity index (χ2v) is 5.15. The molecule has 0 unspecified atom stereocenters. The van der Waals surface area contributed by atoms with Crippen molar-refractivity contribution in [1.82, 2.24) is 5.32 Å². The van der Waals surface area contributed by atoms with E-state index in [1.54, 1.807) is 17.5 Å². The molecular weight excluding hydrogens is 295 g/mol. The molecule has 0 atom stereocenters. The Balaban J connectivity index is 1.82. The lowest BCUT2D eigenvalue weighted by Crippen LogP contribution is -2.30. The number of halogens is 1. The number of carboxylic acid groups (broad SMARTS) is 1. The first-order valence-corrected chi connectivity index (χ1v) is 7.04. The molecule has 2 aromatic rings. The van der Waals surface area contributed by atoms with Gasteiger partial charge in [-0.1, -0.05) is 12.1 Å². The molecule has 0 fully saturated rings. The summed E-state index contributed by atoms with van der Waals surface area (Å²) in [6.45, 7) is 0.322. The van der Waals surface area contributed by atoms with Gasteiger partial charge in [0.05, 0.1) is 5.56 Å². The van der Waals surface area contributed by atoms with E-state index in [9.17, 15) is 14.0 Å².